The average molecular weight is 149 g/mol. The summed E-state index contributed by atoms with van der Waals surface area (Å²) < 4.78 is 0. The van der Waals surface area contributed by atoms with Crippen molar-refractivity contribution in [3.8, 4) is 0 Å². The molecular weight excluding hydrogens is 140 g/mol. The molecule has 1 aliphatic rings. The van der Waals surface area contributed by atoms with Crippen molar-refractivity contribution in [1.29, 1.82) is 0 Å². The summed E-state index contributed by atoms with van der Waals surface area (Å²) in [5.74, 6) is 0.172. The first kappa shape index (κ1) is 6.37. The van der Waals surface area contributed by atoms with Crippen molar-refractivity contribution in [1.82, 2.24) is 0 Å². The van der Waals surface area contributed by atoms with Crippen LogP contribution in [0.15, 0.2) is 18.2 Å². The Morgan fingerprint density at radius 1 is 1.45 bits per heavy atom. The smallest absolute Gasteiger partial charge is 0.320 e. The predicted octanol–water partition coefficient (Wildman–Crippen LogP) is -0.454. The first-order valence-electron chi connectivity index (χ1n) is 3.52. The van der Waals surface area contributed by atoms with Gasteiger partial charge in [0, 0.05) is 17.3 Å². The summed E-state index contributed by atoms with van der Waals surface area (Å²) in [4.78, 5) is 10.9. The molecule has 1 aromatic rings. The zero-order chi connectivity index (χ0) is 7.84. The summed E-state index contributed by atoms with van der Waals surface area (Å²) in [6.45, 7) is 0. The molecule has 56 valence electrons. The van der Waals surface area contributed by atoms with E-state index in [4.69, 9.17) is 5.73 Å². The largest absolute Gasteiger partial charge is 0.399 e. The lowest BCUT2D eigenvalue weighted by molar-refractivity contribution is -0.476. The minimum atomic E-state index is 0.172. The number of hydrogen-bond donors (Lipinski definition) is 2. The lowest BCUT2D eigenvalue weighted by Crippen LogP contribution is -2.79. The Kier molecular flexibility index (Phi) is 1.20. The zero-order valence-corrected chi connectivity index (χ0v) is 6.00. The van der Waals surface area contributed by atoms with Gasteiger partial charge in [-0.2, -0.15) is 0 Å². The van der Waals surface area contributed by atoms with Crippen molar-refractivity contribution >= 4 is 17.3 Å². The summed E-state index contributed by atoms with van der Waals surface area (Å²) in [7, 11) is 0. The van der Waals surface area contributed by atoms with Crippen LogP contribution in [0, 0.1) is 0 Å². The maximum absolute atomic E-state index is 10.9. The molecule has 0 fully saturated rings. The number of primary amides is 1. The third-order valence-electron chi connectivity index (χ3n) is 1.85. The Hall–Kier alpha value is -1.35. The fraction of sp³-hybridized carbons (Fsp3) is 0.125. The van der Waals surface area contributed by atoms with Crippen molar-refractivity contribution < 1.29 is 10.1 Å². The maximum atomic E-state index is 10.9. The van der Waals surface area contributed by atoms with E-state index in [-0.39, 0.29) is 5.91 Å². The minimum absolute atomic E-state index is 0.172. The summed E-state index contributed by atoms with van der Waals surface area (Å²) in [5, 5.41) is 1.66. The van der Waals surface area contributed by atoms with Gasteiger partial charge in [-0.25, -0.2) is 4.79 Å². The molecule has 1 aromatic carbocycles. The van der Waals surface area contributed by atoms with Crippen molar-refractivity contribution in [2.75, 3.05) is 5.73 Å². The number of carbonyl (C=O) groups excluding carboxylic acids is 1. The highest BCUT2D eigenvalue weighted by atomic mass is 16.1. The Bertz CT molecular complexity index is 320. The molecule has 1 aliphatic heterocycles. The number of nitrogens with two attached hydrogens (primary N) is 2. The molecule has 0 aromatic heterocycles. The maximum Gasteiger partial charge on any atom is 0.320 e. The van der Waals surface area contributed by atoms with Gasteiger partial charge in [0.05, 0.1) is 6.42 Å². The molecule has 0 saturated carbocycles. The van der Waals surface area contributed by atoms with Gasteiger partial charge < -0.3 is 5.73 Å². The number of rotatable bonds is 0. The van der Waals surface area contributed by atoms with Gasteiger partial charge in [0.15, 0.2) is 0 Å². The molecule has 1 amide bonds. The molecule has 1 heterocycles. The molecule has 3 heteroatoms. The molecule has 0 radical (unpaired) electrons. The SMILES string of the molecule is Nc1ccc2c(c1)CC(=O)[NH2+]2. The van der Waals surface area contributed by atoms with Gasteiger partial charge in [0.2, 0.25) is 0 Å². The molecule has 0 spiro atoms. The van der Waals surface area contributed by atoms with Crippen LogP contribution in [0.5, 0.6) is 0 Å². The highest BCUT2D eigenvalue weighted by Crippen LogP contribution is 2.17. The van der Waals surface area contributed by atoms with Crippen molar-refractivity contribution in [3.05, 3.63) is 23.8 Å². The van der Waals surface area contributed by atoms with Gasteiger partial charge in [-0.1, -0.05) is 0 Å². The molecule has 0 saturated heterocycles. The Morgan fingerprint density at radius 2 is 2.27 bits per heavy atom. The highest BCUT2D eigenvalue weighted by molar-refractivity contribution is 5.78. The van der Waals surface area contributed by atoms with Crippen molar-refractivity contribution in [3.63, 3.8) is 0 Å². The summed E-state index contributed by atoms with van der Waals surface area (Å²) in [5.41, 5.74) is 8.35. The van der Waals surface area contributed by atoms with Gasteiger partial charge in [-0.15, -0.1) is 0 Å². The van der Waals surface area contributed by atoms with E-state index in [9.17, 15) is 4.79 Å². The second kappa shape index (κ2) is 2.07. The van der Waals surface area contributed by atoms with Crippen LogP contribution in [0.3, 0.4) is 0 Å². The molecule has 2 rings (SSSR count). The molecule has 3 nitrogen and oxygen atoms in total. The number of amides is 1. The standard InChI is InChI=1S/C8H8N2O/c9-6-1-2-7-5(3-6)4-8(11)10-7/h1-3H,4,9H2,(H,10,11)/p+1. The van der Waals surface area contributed by atoms with Crippen LogP contribution in [-0.2, 0) is 11.2 Å². The van der Waals surface area contributed by atoms with Gasteiger partial charge in [0.1, 0.15) is 5.69 Å². The molecule has 0 atom stereocenters. The molecular formula is C8H9N2O+. The molecule has 0 bridgehead atoms. The van der Waals surface area contributed by atoms with Crippen LogP contribution in [0.25, 0.3) is 0 Å². The topological polar surface area (TPSA) is 59.7 Å². The van der Waals surface area contributed by atoms with E-state index in [0.29, 0.717) is 6.42 Å². The number of benzene rings is 1. The number of hydrogen-bond acceptors (Lipinski definition) is 2. The normalized spacial score (nSPS) is 15.1. The summed E-state index contributed by atoms with van der Waals surface area (Å²) in [6, 6.07) is 5.56. The van der Waals surface area contributed by atoms with Crippen molar-refractivity contribution in [2.45, 2.75) is 6.42 Å². The van der Waals surface area contributed by atoms with E-state index in [2.05, 4.69) is 0 Å². The number of fused-ring (bicyclic) bond motifs is 1. The zero-order valence-electron chi connectivity index (χ0n) is 6.00. The van der Waals surface area contributed by atoms with E-state index in [0.717, 1.165) is 16.9 Å². The quantitative estimate of drug-likeness (QED) is 0.491. The van der Waals surface area contributed by atoms with E-state index in [1.54, 1.807) is 5.32 Å². The van der Waals surface area contributed by atoms with Crippen LogP contribution in [-0.4, -0.2) is 5.91 Å². The van der Waals surface area contributed by atoms with E-state index in [1.807, 2.05) is 18.2 Å². The highest BCUT2D eigenvalue weighted by Gasteiger charge is 2.22. The fourth-order valence-corrected chi connectivity index (χ4v) is 1.33. The summed E-state index contributed by atoms with van der Waals surface area (Å²) >= 11 is 0. The second-order valence-corrected chi connectivity index (χ2v) is 2.75. The van der Waals surface area contributed by atoms with Gasteiger partial charge >= 0.3 is 5.91 Å². The van der Waals surface area contributed by atoms with Crippen LogP contribution < -0.4 is 11.1 Å². The van der Waals surface area contributed by atoms with E-state index < -0.39 is 0 Å². The predicted molar refractivity (Wildman–Crippen MR) is 41.2 cm³/mol. The summed E-state index contributed by atoms with van der Waals surface area (Å²) in [6.07, 6.45) is 0.514. The monoisotopic (exact) mass is 149 g/mol. The molecule has 4 N–H and O–H groups in total. The van der Waals surface area contributed by atoms with E-state index >= 15 is 0 Å². The number of nitrogen functional groups attached to an aromatic ring is 1. The first-order valence-corrected chi connectivity index (χ1v) is 3.52. The number of quaternary nitrogens is 1. The Morgan fingerprint density at radius 3 is 3.09 bits per heavy atom. The fourth-order valence-electron chi connectivity index (χ4n) is 1.33. The van der Waals surface area contributed by atoms with Crippen LogP contribution in [0.1, 0.15) is 5.56 Å². The second-order valence-electron chi connectivity index (χ2n) is 2.75. The molecule has 0 unspecified atom stereocenters. The van der Waals surface area contributed by atoms with Gasteiger partial charge in [0.25, 0.3) is 0 Å². The average Bonchev–Trinajstić information content (AvgIpc) is 2.27. The third kappa shape index (κ3) is 0.991. The number of anilines is 1. The molecule has 11 heavy (non-hydrogen) atoms. The Labute approximate surface area is 64.2 Å². The van der Waals surface area contributed by atoms with Crippen LogP contribution >= 0.6 is 0 Å². The minimum Gasteiger partial charge on any atom is -0.399 e. The van der Waals surface area contributed by atoms with Crippen LogP contribution in [0.2, 0.25) is 0 Å². The lowest BCUT2D eigenvalue weighted by Gasteiger charge is -1.93. The lowest BCUT2D eigenvalue weighted by atomic mass is 10.1. The number of carbonyl (C=O) groups is 1. The first-order chi connectivity index (χ1) is 5.25. The van der Waals surface area contributed by atoms with Gasteiger partial charge in [-0.05, 0) is 12.1 Å². The van der Waals surface area contributed by atoms with Crippen LogP contribution in [0.4, 0.5) is 11.4 Å². The third-order valence-corrected chi connectivity index (χ3v) is 1.85. The van der Waals surface area contributed by atoms with Gasteiger partial charge in [-0.3, -0.25) is 5.32 Å². The molecule has 0 aliphatic carbocycles. The van der Waals surface area contributed by atoms with Crippen molar-refractivity contribution in [2.24, 2.45) is 0 Å². The Balaban J connectivity index is 2.51. The van der Waals surface area contributed by atoms with E-state index in [1.165, 1.54) is 0 Å².